The average Bonchev–Trinajstić information content (AvgIpc) is 3.20. The monoisotopic (exact) mass is 359 g/mol. The van der Waals surface area contributed by atoms with Gasteiger partial charge in [-0.2, -0.15) is 0 Å². The second-order valence-corrected chi connectivity index (χ2v) is 8.12. The van der Waals surface area contributed by atoms with E-state index in [4.69, 9.17) is 0 Å². The lowest BCUT2D eigenvalue weighted by atomic mass is 9.74. The summed E-state index contributed by atoms with van der Waals surface area (Å²) < 4.78 is 2.11. The Bertz CT molecular complexity index is 983. The highest BCUT2D eigenvalue weighted by Crippen LogP contribution is 2.42. The Hall–Kier alpha value is -2.75. The number of aryl methyl sites for hydroxylation is 1. The Morgan fingerprint density at radius 2 is 1.70 bits per heavy atom. The largest absolute Gasteiger partial charge is 0.348 e. The highest BCUT2D eigenvalue weighted by molar-refractivity contribution is 6.04. The van der Waals surface area contributed by atoms with E-state index in [0.29, 0.717) is 5.92 Å². The van der Waals surface area contributed by atoms with E-state index in [2.05, 4.69) is 58.5 Å². The van der Waals surface area contributed by atoms with Gasteiger partial charge < -0.3 is 9.88 Å². The molecule has 0 radical (unpaired) electrons. The number of aromatic nitrogens is 1. The van der Waals surface area contributed by atoms with Crippen LogP contribution in [0.25, 0.3) is 10.9 Å². The van der Waals surface area contributed by atoms with E-state index in [1.165, 1.54) is 5.56 Å². The van der Waals surface area contributed by atoms with Crippen molar-refractivity contribution in [1.29, 1.82) is 0 Å². The van der Waals surface area contributed by atoms with Crippen molar-refractivity contribution in [3.05, 3.63) is 66.4 Å². The van der Waals surface area contributed by atoms with Crippen LogP contribution in [0.1, 0.15) is 37.2 Å². The van der Waals surface area contributed by atoms with Crippen molar-refractivity contribution in [3.8, 4) is 0 Å². The molecule has 2 aromatic carbocycles. The van der Waals surface area contributed by atoms with Gasteiger partial charge in [-0.3, -0.25) is 4.90 Å². The molecule has 1 aliphatic carbocycles. The first-order valence-electron chi connectivity index (χ1n) is 9.84. The molecule has 1 N–H and O–H groups in total. The minimum absolute atomic E-state index is 0.0458. The van der Waals surface area contributed by atoms with E-state index in [1.807, 2.05) is 24.1 Å². The van der Waals surface area contributed by atoms with Crippen molar-refractivity contribution in [2.45, 2.75) is 37.1 Å². The van der Waals surface area contributed by atoms with E-state index in [0.717, 1.165) is 48.8 Å². The third-order valence-electron chi connectivity index (χ3n) is 6.46. The van der Waals surface area contributed by atoms with Crippen LogP contribution in [0.3, 0.4) is 0 Å². The van der Waals surface area contributed by atoms with Crippen LogP contribution in [0, 0.1) is 0 Å². The fraction of sp³-hybridized carbons (Fsp3) is 0.348. The zero-order valence-corrected chi connectivity index (χ0v) is 15.7. The lowest BCUT2D eigenvalue weighted by molar-refractivity contribution is 0.231. The Balaban J connectivity index is 1.38. The summed E-state index contributed by atoms with van der Waals surface area (Å²) in [5, 5.41) is 4.49. The van der Waals surface area contributed by atoms with Gasteiger partial charge in [0.05, 0.1) is 17.8 Å². The number of para-hydroxylation sites is 1. The van der Waals surface area contributed by atoms with Gasteiger partial charge in [0.25, 0.3) is 0 Å². The summed E-state index contributed by atoms with van der Waals surface area (Å²) in [5.74, 6) is 0.611. The Kier molecular flexibility index (Phi) is 3.74. The van der Waals surface area contributed by atoms with Gasteiger partial charge in [0.1, 0.15) is 0 Å². The highest BCUT2D eigenvalue weighted by atomic mass is 16.2. The number of carbonyl (C=O) groups excluding carboxylic acids is 1. The molecule has 0 atom stereocenters. The van der Waals surface area contributed by atoms with Crippen LogP contribution in [-0.4, -0.2) is 22.7 Å². The number of benzene rings is 2. The van der Waals surface area contributed by atoms with Crippen LogP contribution in [0.5, 0.6) is 0 Å². The van der Waals surface area contributed by atoms with E-state index in [-0.39, 0.29) is 11.6 Å². The molecule has 4 nitrogen and oxygen atoms in total. The number of amides is 2. The molecule has 0 unspecified atom stereocenters. The van der Waals surface area contributed by atoms with Crippen molar-refractivity contribution < 1.29 is 4.79 Å². The highest BCUT2D eigenvalue weighted by Gasteiger charge is 2.45. The van der Waals surface area contributed by atoms with Gasteiger partial charge in [0.2, 0.25) is 0 Å². The molecule has 1 aromatic heterocycles. The van der Waals surface area contributed by atoms with Gasteiger partial charge in [-0.25, -0.2) is 4.79 Å². The van der Waals surface area contributed by atoms with Crippen molar-refractivity contribution >= 4 is 22.6 Å². The first kappa shape index (κ1) is 16.4. The lowest BCUT2D eigenvalue weighted by Crippen LogP contribution is -2.46. The van der Waals surface area contributed by atoms with Gasteiger partial charge in [-0.05, 0) is 43.2 Å². The fourth-order valence-corrected chi connectivity index (χ4v) is 4.95. The first-order chi connectivity index (χ1) is 13.2. The molecule has 138 valence electrons. The molecule has 27 heavy (non-hydrogen) atoms. The molecule has 4 heteroatoms. The van der Waals surface area contributed by atoms with Crippen LogP contribution in [-0.2, 0) is 7.05 Å². The Morgan fingerprint density at radius 1 is 1.00 bits per heavy atom. The van der Waals surface area contributed by atoms with E-state index >= 15 is 0 Å². The third-order valence-corrected chi connectivity index (χ3v) is 6.46. The molecule has 3 aromatic rings. The second kappa shape index (κ2) is 6.15. The molecule has 0 bridgehead atoms. The number of rotatable bonds is 2. The zero-order chi connectivity index (χ0) is 18.4. The molecule has 2 heterocycles. The maximum Gasteiger partial charge on any atom is 0.322 e. The number of fused-ring (bicyclic) bond motifs is 1. The minimum Gasteiger partial charge on any atom is -0.348 e. The molecule has 5 rings (SSSR count). The molecule has 2 aliphatic rings. The fourth-order valence-electron chi connectivity index (χ4n) is 4.95. The van der Waals surface area contributed by atoms with Crippen molar-refractivity contribution in [1.82, 2.24) is 9.88 Å². The van der Waals surface area contributed by atoms with E-state index < -0.39 is 0 Å². The third kappa shape index (κ3) is 2.71. The molecule has 1 saturated heterocycles. The zero-order valence-electron chi connectivity index (χ0n) is 15.7. The molecule has 1 aliphatic heterocycles. The molecule has 1 spiro atoms. The van der Waals surface area contributed by atoms with Crippen LogP contribution in [0.15, 0.2) is 60.8 Å². The van der Waals surface area contributed by atoms with E-state index in [9.17, 15) is 4.79 Å². The number of hydrogen-bond donors (Lipinski definition) is 1. The SMILES string of the molecule is Cn1cc(N2CC3(CCC(c4ccccc4)CC3)NC2=O)c2ccccc21. The second-order valence-electron chi connectivity index (χ2n) is 8.12. The summed E-state index contributed by atoms with van der Waals surface area (Å²) in [6.45, 7) is 0.765. The van der Waals surface area contributed by atoms with Crippen LogP contribution in [0.2, 0.25) is 0 Å². The molecular weight excluding hydrogens is 334 g/mol. The topological polar surface area (TPSA) is 37.3 Å². The van der Waals surface area contributed by atoms with Crippen molar-refractivity contribution in [2.24, 2.45) is 7.05 Å². The van der Waals surface area contributed by atoms with Crippen molar-refractivity contribution in [2.75, 3.05) is 11.4 Å². The van der Waals surface area contributed by atoms with Gasteiger partial charge >= 0.3 is 6.03 Å². The maximum atomic E-state index is 12.9. The lowest BCUT2D eigenvalue weighted by Gasteiger charge is -2.36. The number of urea groups is 1. The molecule has 2 fully saturated rings. The number of nitrogens with one attached hydrogen (secondary N) is 1. The Morgan fingerprint density at radius 3 is 2.48 bits per heavy atom. The summed E-state index contributed by atoms with van der Waals surface area (Å²) in [7, 11) is 2.04. The van der Waals surface area contributed by atoms with Crippen molar-refractivity contribution in [3.63, 3.8) is 0 Å². The predicted molar refractivity (Wildman–Crippen MR) is 109 cm³/mol. The summed E-state index contributed by atoms with van der Waals surface area (Å²) in [5.41, 5.74) is 3.53. The van der Waals surface area contributed by atoms with Gasteiger partial charge in [-0.1, -0.05) is 48.5 Å². The van der Waals surface area contributed by atoms with Crippen LogP contribution in [0.4, 0.5) is 10.5 Å². The standard InChI is InChI=1S/C23H25N3O/c1-25-15-21(19-9-5-6-10-20(19)25)26-16-23(24-22(26)27)13-11-18(12-14-23)17-7-3-2-4-8-17/h2-10,15,18H,11-14,16H2,1H3,(H,24,27). The number of carbonyl (C=O) groups is 1. The summed E-state index contributed by atoms with van der Waals surface area (Å²) in [6, 6.07) is 19.1. The number of nitrogens with zero attached hydrogens (tertiary/aromatic N) is 2. The number of anilines is 1. The normalized spacial score (nSPS) is 25.3. The van der Waals surface area contributed by atoms with E-state index in [1.54, 1.807) is 0 Å². The smallest absolute Gasteiger partial charge is 0.322 e. The van der Waals surface area contributed by atoms with Gasteiger partial charge in [-0.15, -0.1) is 0 Å². The van der Waals surface area contributed by atoms with Gasteiger partial charge in [0.15, 0.2) is 0 Å². The maximum absolute atomic E-state index is 12.9. The minimum atomic E-state index is -0.0840. The Labute approximate surface area is 159 Å². The summed E-state index contributed by atoms with van der Waals surface area (Å²) >= 11 is 0. The van der Waals surface area contributed by atoms with Crippen LogP contribution >= 0.6 is 0 Å². The van der Waals surface area contributed by atoms with Crippen LogP contribution < -0.4 is 10.2 Å². The molecular formula is C23H25N3O. The first-order valence-corrected chi connectivity index (χ1v) is 9.84. The summed E-state index contributed by atoms with van der Waals surface area (Å²) in [6.07, 6.45) is 6.43. The number of hydrogen-bond acceptors (Lipinski definition) is 1. The molecule has 1 saturated carbocycles. The quantitative estimate of drug-likeness (QED) is 0.701. The average molecular weight is 359 g/mol. The molecule has 2 amide bonds. The predicted octanol–water partition coefficient (Wildman–Crippen LogP) is 4.80. The van der Waals surface area contributed by atoms with Gasteiger partial charge in [0, 0.05) is 24.1 Å². The summed E-state index contributed by atoms with van der Waals surface area (Å²) in [4.78, 5) is 14.8.